The van der Waals surface area contributed by atoms with Crippen molar-refractivity contribution in [3.8, 4) is 0 Å². The topological polar surface area (TPSA) is 50.7 Å². The van der Waals surface area contributed by atoms with E-state index in [2.05, 4.69) is 5.32 Å². The summed E-state index contributed by atoms with van der Waals surface area (Å²) in [6.07, 6.45) is 9.67. The van der Waals surface area contributed by atoms with E-state index in [0.717, 1.165) is 26.0 Å². The molecule has 1 rings (SSSR count). The Labute approximate surface area is 117 Å². The molecule has 1 unspecified atom stereocenters. The second-order valence-corrected chi connectivity index (χ2v) is 5.50. The third kappa shape index (κ3) is 9.38. The average molecular weight is 273 g/mol. The normalized spacial score (nSPS) is 18.6. The lowest BCUT2D eigenvalue weighted by atomic mass is 9.98. The molecule has 1 saturated carbocycles. The van der Waals surface area contributed by atoms with Gasteiger partial charge in [0.2, 0.25) is 0 Å². The largest absolute Gasteiger partial charge is 0.389 e. The monoisotopic (exact) mass is 273 g/mol. The molecular weight excluding hydrogens is 242 g/mol. The number of aliphatic hydroxyl groups is 1. The molecule has 0 bridgehead atoms. The number of methoxy groups -OCH3 is 1. The molecule has 1 fully saturated rings. The van der Waals surface area contributed by atoms with Crippen LogP contribution >= 0.6 is 0 Å². The zero-order valence-electron chi connectivity index (χ0n) is 12.4. The molecule has 4 heteroatoms. The molecule has 2 N–H and O–H groups in total. The maximum atomic E-state index is 9.81. The first-order chi connectivity index (χ1) is 9.33. The summed E-state index contributed by atoms with van der Waals surface area (Å²) in [7, 11) is 1.74. The Morgan fingerprint density at radius 3 is 2.68 bits per heavy atom. The summed E-state index contributed by atoms with van der Waals surface area (Å²) >= 11 is 0. The van der Waals surface area contributed by atoms with Crippen LogP contribution in [0.5, 0.6) is 0 Å². The predicted molar refractivity (Wildman–Crippen MR) is 77.4 cm³/mol. The summed E-state index contributed by atoms with van der Waals surface area (Å²) < 4.78 is 10.7. The second kappa shape index (κ2) is 11.6. The van der Waals surface area contributed by atoms with Crippen molar-refractivity contribution in [3.63, 3.8) is 0 Å². The molecule has 114 valence electrons. The van der Waals surface area contributed by atoms with Gasteiger partial charge >= 0.3 is 0 Å². The van der Waals surface area contributed by atoms with Crippen molar-refractivity contribution in [2.24, 2.45) is 0 Å². The van der Waals surface area contributed by atoms with Crippen molar-refractivity contribution in [2.45, 2.75) is 63.6 Å². The van der Waals surface area contributed by atoms with Gasteiger partial charge in [0.25, 0.3) is 0 Å². The quantitative estimate of drug-likeness (QED) is 0.566. The van der Waals surface area contributed by atoms with Gasteiger partial charge in [0.05, 0.1) is 18.8 Å². The van der Waals surface area contributed by atoms with Gasteiger partial charge in [-0.15, -0.1) is 0 Å². The smallest absolute Gasteiger partial charge is 0.0897 e. The molecule has 0 aromatic rings. The van der Waals surface area contributed by atoms with Gasteiger partial charge in [-0.2, -0.15) is 0 Å². The summed E-state index contributed by atoms with van der Waals surface area (Å²) in [5.74, 6) is 0. The van der Waals surface area contributed by atoms with Gasteiger partial charge < -0.3 is 19.9 Å². The lowest BCUT2D eigenvalue weighted by Crippen LogP contribution is -2.33. The molecule has 1 aliphatic rings. The van der Waals surface area contributed by atoms with Crippen LogP contribution < -0.4 is 5.32 Å². The van der Waals surface area contributed by atoms with Gasteiger partial charge in [-0.05, 0) is 38.6 Å². The predicted octanol–water partition coefficient (Wildman–Crippen LogP) is 2.10. The fraction of sp³-hybridized carbons (Fsp3) is 1.00. The van der Waals surface area contributed by atoms with Gasteiger partial charge in [0, 0.05) is 20.3 Å². The first-order valence-corrected chi connectivity index (χ1v) is 7.82. The van der Waals surface area contributed by atoms with E-state index < -0.39 is 0 Å². The van der Waals surface area contributed by atoms with E-state index in [1.54, 1.807) is 7.11 Å². The minimum absolute atomic E-state index is 0.374. The molecule has 0 aromatic heterocycles. The fourth-order valence-electron chi connectivity index (χ4n) is 2.48. The number of hydrogen-bond acceptors (Lipinski definition) is 4. The molecular formula is C15H31NO3. The highest BCUT2D eigenvalue weighted by Gasteiger charge is 2.15. The molecule has 0 saturated heterocycles. The number of nitrogens with one attached hydrogen (secondary N) is 1. The van der Waals surface area contributed by atoms with Crippen molar-refractivity contribution >= 4 is 0 Å². The number of aliphatic hydroxyl groups excluding tert-OH is 1. The van der Waals surface area contributed by atoms with Gasteiger partial charge in [-0.3, -0.25) is 0 Å². The lowest BCUT2D eigenvalue weighted by molar-refractivity contribution is -0.0229. The Kier molecular flexibility index (Phi) is 10.4. The van der Waals surface area contributed by atoms with Crippen LogP contribution in [0.2, 0.25) is 0 Å². The molecule has 0 aliphatic heterocycles. The molecule has 0 heterocycles. The molecule has 1 atom stereocenters. The third-order valence-corrected chi connectivity index (χ3v) is 3.66. The molecule has 1 aliphatic carbocycles. The SMILES string of the molecule is COCCCCCNCC(O)COC1CCCCC1. The Hall–Kier alpha value is -0.160. The zero-order valence-corrected chi connectivity index (χ0v) is 12.4. The van der Waals surface area contributed by atoms with Crippen LogP contribution in [0.3, 0.4) is 0 Å². The van der Waals surface area contributed by atoms with Crippen LogP contribution in [-0.2, 0) is 9.47 Å². The van der Waals surface area contributed by atoms with Crippen LogP contribution in [0, 0.1) is 0 Å². The summed E-state index contributed by atoms with van der Waals surface area (Å²) in [4.78, 5) is 0. The standard InChI is InChI=1S/C15H31NO3/c1-18-11-7-3-6-10-16-12-14(17)13-19-15-8-4-2-5-9-15/h14-17H,2-13H2,1H3. The Morgan fingerprint density at radius 1 is 1.16 bits per heavy atom. The number of rotatable bonds is 11. The minimum atomic E-state index is -0.374. The molecule has 19 heavy (non-hydrogen) atoms. The highest BCUT2D eigenvalue weighted by Crippen LogP contribution is 2.20. The summed E-state index contributed by atoms with van der Waals surface area (Å²) in [5, 5.41) is 13.1. The molecule has 0 spiro atoms. The Balaban J connectivity index is 1.85. The van der Waals surface area contributed by atoms with E-state index >= 15 is 0 Å². The average Bonchev–Trinajstić information content (AvgIpc) is 2.45. The van der Waals surface area contributed by atoms with Crippen molar-refractivity contribution < 1.29 is 14.6 Å². The van der Waals surface area contributed by atoms with Crippen LogP contribution in [0.25, 0.3) is 0 Å². The number of hydrogen-bond donors (Lipinski definition) is 2. The maximum Gasteiger partial charge on any atom is 0.0897 e. The lowest BCUT2D eigenvalue weighted by Gasteiger charge is -2.23. The van der Waals surface area contributed by atoms with Gasteiger partial charge in [-0.1, -0.05) is 19.3 Å². The van der Waals surface area contributed by atoms with E-state index in [1.165, 1.54) is 38.5 Å². The Bertz CT molecular complexity index is 196. The van der Waals surface area contributed by atoms with Crippen LogP contribution in [0.1, 0.15) is 51.4 Å². The number of ether oxygens (including phenoxy) is 2. The van der Waals surface area contributed by atoms with E-state index in [1.807, 2.05) is 0 Å². The van der Waals surface area contributed by atoms with Crippen LogP contribution in [0.15, 0.2) is 0 Å². The van der Waals surface area contributed by atoms with Crippen molar-refractivity contribution in [2.75, 3.05) is 33.4 Å². The van der Waals surface area contributed by atoms with Crippen LogP contribution in [-0.4, -0.2) is 50.7 Å². The third-order valence-electron chi connectivity index (χ3n) is 3.66. The van der Waals surface area contributed by atoms with Crippen molar-refractivity contribution in [3.05, 3.63) is 0 Å². The molecule has 0 amide bonds. The minimum Gasteiger partial charge on any atom is -0.389 e. The van der Waals surface area contributed by atoms with E-state index in [4.69, 9.17) is 9.47 Å². The molecule has 0 radical (unpaired) electrons. The van der Waals surface area contributed by atoms with Gasteiger partial charge in [-0.25, -0.2) is 0 Å². The van der Waals surface area contributed by atoms with Gasteiger partial charge in [0.1, 0.15) is 0 Å². The first kappa shape index (κ1) is 16.9. The summed E-state index contributed by atoms with van der Waals surface area (Å²) in [5.41, 5.74) is 0. The van der Waals surface area contributed by atoms with E-state index in [9.17, 15) is 5.11 Å². The highest BCUT2D eigenvalue weighted by atomic mass is 16.5. The zero-order chi connectivity index (χ0) is 13.8. The van der Waals surface area contributed by atoms with Crippen LogP contribution in [0.4, 0.5) is 0 Å². The van der Waals surface area contributed by atoms with Gasteiger partial charge in [0.15, 0.2) is 0 Å². The molecule has 0 aromatic carbocycles. The first-order valence-electron chi connectivity index (χ1n) is 7.82. The van der Waals surface area contributed by atoms with E-state index in [-0.39, 0.29) is 6.10 Å². The Morgan fingerprint density at radius 2 is 1.95 bits per heavy atom. The number of unbranched alkanes of at least 4 members (excludes halogenated alkanes) is 2. The molecule has 4 nitrogen and oxygen atoms in total. The highest BCUT2D eigenvalue weighted by molar-refractivity contribution is 4.67. The van der Waals surface area contributed by atoms with Crippen molar-refractivity contribution in [1.82, 2.24) is 5.32 Å². The summed E-state index contributed by atoms with van der Waals surface area (Å²) in [6.45, 7) is 2.92. The summed E-state index contributed by atoms with van der Waals surface area (Å²) in [6, 6.07) is 0. The fourth-order valence-corrected chi connectivity index (χ4v) is 2.48. The van der Waals surface area contributed by atoms with E-state index in [0.29, 0.717) is 19.3 Å². The maximum absolute atomic E-state index is 9.81. The second-order valence-electron chi connectivity index (χ2n) is 5.50. The van der Waals surface area contributed by atoms with Crippen molar-refractivity contribution in [1.29, 1.82) is 0 Å².